The number of phenols is 2. The molecule has 0 radical (unpaired) electrons. The monoisotopic (exact) mass is 477 g/mol. The molecule has 1 amide bonds. The van der Waals surface area contributed by atoms with Gasteiger partial charge in [0.25, 0.3) is 0 Å². The van der Waals surface area contributed by atoms with Crippen molar-refractivity contribution in [1.29, 1.82) is 0 Å². The Balaban J connectivity index is 2.01. The summed E-state index contributed by atoms with van der Waals surface area (Å²) in [6.45, 7) is 2.26. The Morgan fingerprint density at radius 1 is 0.735 bits per heavy atom. The number of carbonyl (C=O) groups is 2. The first-order valence-electron chi connectivity index (χ1n) is 13.5. The van der Waals surface area contributed by atoms with Crippen LogP contribution in [0.25, 0.3) is 0 Å². The second-order valence-corrected chi connectivity index (χ2v) is 9.54. The molecular formula is C28H47NO5. The first kappa shape index (κ1) is 29.8. The highest BCUT2D eigenvalue weighted by atomic mass is 16.4. The summed E-state index contributed by atoms with van der Waals surface area (Å²) in [5, 5.41) is 30.9. The van der Waals surface area contributed by atoms with Gasteiger partial charge in [0.2, 0.25) is 5.91 Å². The number of hydrogen-bond donors (Lipinski definition) is 4. The fourth-order valence-corrected chi connectivity index (χ4v) is 4.23. The molecule has 0 fully saturated rings. The second kappa shape index (κ2) is 19.1. The number of aromatic hydroxyl groups is 2. The van der Waals surface area contributed by atoms with Gasteiger partial charge in [-0.25, -0.2) is 4.79 Å². The first-order valence-corrected chi connectivity index (χ1v) is 13.5. The average molecular weight is 478 g/mol. The molecule has 4 N–H and O–H groups in total. The van der Waals surface area contributed by atoms with Crippen LogP contribution in [0.3, 0.4) is 0 Å². The largest absolute Gasteiger partial charge is 0.504 e. The van der Waals surface area contributed by atoms with Crippen LogP contribution in [0.5, 0.6) is 11.5 Å². The van der Waals surface area contributed by atoms with Crippen LogP contribution in [-0.2, 0) is 16.0 Å². The van der Waals surface area contributed by atoms with Crippen LogP contribution in [0.1, 0.15) is 122 Å². The highest BCUT2D eigenvalue weighted by molar-refractivity contribution is 5.83. The number of amides is 1. The smallest absolute Gasteiger partial charge is 0.326 e. The number of carboxylic acid groups (broad SMARTS) is 1. The molecule has 1 aromatic carbocycles. The fraction of sp³-hybridized carbons (Fsp3) is 0.714. The molecule has 1 aromatic rings. The van der Waals surface area contributed by atoms with Crippen molar-refractivity contribution in [3.05, 3.63) is 23.8 Å². The van der Waals surface area contributed by atoms with Gasteiger partial charge in [0.1, 0.15) is 6.04 Å². The van der Waals surface area contributed by atoms with E-state index in [0.29, 0.717) is 12.0 Å². The molecule has 1 rings (SSSR count). The molecule has 34 heavy (non-hydrogen) atoms. The van der Waals surface area contributed by atoms with Gasteiger partial charge in [-0.2, -0.15) is 0 Å². The Labute approximate surface area is 206 Å². The van der Waals surface area contributed by atoms with Gasteiger partial charge in [-0.05, 0) is 24.1 Å². The quantitative estimate of drug-likeness (QED) is 0.114. The molecule has 0 aliphatic carbocycles. The number of unbranched alkanes of at least 4 members (excludes halogenated alkanes) is 15. The van der Waals surface area contributed by atoms with E-state index < -0.39 is 12.0 Å². The van der Waals surface area contributed by atoms with Crippen LogP contribution in [0.4, 0.5) is 0 Å². The average Bonchev–Trinajstić information content (AvgIpc) is 2.80. The van der Waals surface area contributed by atoms with Crippen molar-refractivity contribution in [2.45, 2.75) is 129 Å². The summed E-state index contributed by atoms with van der Waals surface area (Å²) in [5.74, 6) is -1.95. The molecule has 0 bridgehead atoms. The number of phenolic OH excluding ortho intramolecular Hbond substituents is 2. The van der Waals surface area contributed by atoms with Crippen molar-refractivity contribution in [1.82, 2.24) is 5.32 Å². The topological polar surface area (TPSA) is 107 Å². The lowest BCUT2D eigenvalue weighted by atomic mass is 10.0. The van der Waals surface area contributed by atoms with E-state index in [0.717, 1.165) is 19.3 Å². The number of rotatable bonds is 21. The Morgan fingerprint density at radius 2 is 1.21 bits per heavy atom. The van der Waals surface area contributed by atoms with E-state index in [2.05, 4.69) is 12.2 Å². The fourth-order valence-electron chi connectivity index (χ4n) is 4.23. The molecule has 0 aliphatic rings. The number of carboxylic acids is 1. The Morgan fingerprint density at radius 3 is 1.65 bits per heavy atom. The SMILES string of the molecule is CCCCCCCCCCCCCCCCCCC(=O)N[C@@H](Cc1ccc(O)c(O)c1)C(=O)O. The molecule has 6 nitrogen and oxygen atoms in total. The van der Waals surface area contributed by atoms with Gasteiger partial charge in [-0.3, -0.25) is 4.79 Å². The zero-order chi connectivity index (χ0) is 25.0. The van der Waals surface area contributed by atoms with Crippen molar-refractivity contribution in [2.75, 3.05) is 0 Å². The molecular weight excluding hydrogens is 430 g/mol. The van der Waals surface area contributed by atoms with Crippen LogP contribution < -0.4 is 5.32 Å². The van der Waals surface area contributed by atoms with E-state index in [1.54, 1.807) is 0 Å². The zero-order valence-corrected chi connectivity index (χ0v) is 21.2. The molecule has 0 aliphatic heterocycles. The number of benzene rings is 1. The summed E-state index contributed by atoms with van der Waals surface area (Å²) in [7, 11) is 0. The molecule has 0 saturated carbocycles. The summed E-state index contributed by atoms with van der Waals surface area (Å²) in [4.78, 5) is 23.6. The summed E-state index contributed by atoms with van der Waals surface area (Å²) in [5.41, 5.74) is 0.533. The van der Waals surface area contributed by atoms with Crippen molar-refractivity contribution in [3.63, 3.8) is 0 Å². The molecule has 0 unspecified atom stereocenters. The van der Waals surface area contributed by atoms with Gasteiger partial charge in [0.05, 0.1) is 0 Å². The van der Waals surface area contributed by atoms with E-state index in [-0.39, 0.29) is 23.8 Å². The van der Waals surface area contributed by atoms with Crippen LogP contribution >= 0.6 is 0 Å². The zero-order valence-electron chi connectivity index (χ0n) is 21.2. The van der Waals surface area contributed by atoms with E-state index >= 15 is 0 Å². The minimum absolute atomic E-state index is 0.0495. The lowest BCUT2D eigenvalue weighted by molar-refractivity contribution is -0.141. The lowest BCUT2D eigenvalue weighted by Gasteiger charge is -2.15. The van der Waals surface area contributed by atoms with Gasteiger partial charge in [-0.1, -0.05) is 109 Å². The molecule has 0 spiro atoms. The van der Waals surface area contributed by atoms with E-state index in [1.807, 2.05) is 0 Å². The van der Waals surface area contributed by atoms with Crippen LogP contribution in [0, 0.1) is 0 Å². The standard InChI is InChI=1S/C28H47NO5/c1-2-3-4-5-6-7-8-9-10-11-12-13-14-15-16-17-18-27(32)29-24(28(33)34)21-23-19-20-25(30)26(31)22-23/h19-20,22,24,30-31H,2-18,21H2,1H3,(H,29,32)(H,33,34)/t24-/m0/s1. The summed E-state index contributed by atoms with van der Waals surface area (Å²) in [6.07, 6.45) is 20.7. The molecule has 1 atom stereocenters. The van der Waals surface area contributed by atoms with Crippen LogP contribution in [0.15, 0.2) is 18.2 Å². The third kappa shape index (κ3) is 14.8. The highest BCUT2D eigenvalue weighted by Crippen LogP contribution is 2.25. The first-order chi connectivity index (χ1) is 16.4. The summed E-state index contributed by atoms with van der Waals surface area (Å²) >= 11 is 0. The number of nitrogens with one attached hydrogen (secondary N) is 1. The predicted octanol–water partition coefficient (Wildman–Crippen LogP) is 6.86. The van der Waals surface area contributed by atoms with Crippen molar-refractivity contribution < 1.29 is 24.9 Å². The lowest BCUT2D eigenvalue weighted by Crippen LogP contribution is -2.42. The van der Waals surface area contributed by atoms with Gasteiger partial charge in [0.15, 0.2) is 11.5 Å². The molecule has 0 aromatic heterocycles. The van der Waals surface area contributed by atoms with Crippen molar-refractivity contribution in [3.8, 4) is 11.5 Å². The van der Waals surface area contributed by atoms with Gasteiger partial charge in [0, 0.05) is 12.8 Å². The van der Waals surface area contributed by atoms with Gasteiger partial charge >= 0.3 is 5.97 Å². The van der Waals surface area contributed by atoms with Crippen molar-refractivity contribution in [2.24, 2.45) is 0 Å². The predicted molar refractivity (Wildman–Crippen MR) is 137 cm³/mol. The normalized spacial score (nSPS) is 11.9. The second-order valence-electron chi connectivity index (χ2n) is 9.54. The van der Waals surface area contributed by atoms with E-state index in [4.69, 9.17) is 0 Å². The van der Waals surface area contributed by atoms with Gasteiger partial charge < -0.3 is 20.6 Å². The molecule has 0 heterocycles. The maximum atomic E-state index is 12.2. The maximum absolute atomic E-state index is 12.2. The third-order valence-electron chi connectivity index (χ3n) is 6.37. The summed E-state index contributed by atoms with van der Waals surface area (Å²) < 4.78 is 0. The van der Waals surface area contributed by atoms with Gasteiger partial charge in [-0.15, -0.1) is 0 Å². The maximum Gasteiger partial charge on any atom is 0.326 e. The number of hydrogen-bond acceptors (Lipinski definition) is 4. The summed E-state index contributed by atoms with van der Waals surface area (Å²) in [6, 6.07) is 3.10. The van der Waals surface area contributed by atoms with E-state index in [9.17, 15) is 24.9 Å². The third-order valence-corrected chi connectivity index (χ3v) is 6.37. The minimum atomic E-state index is -1.12. The number of carbonyl (C=O) groups excluding carboxylic acids is 1. The Bertz CT molecular complexity index is 691. The van der Waals surface area contributed by atoms with Crippen molar-refractivity contribution >= 4 is 11.9 Å². The minimum Gasteiger partial charge on any atom is -0.504 e. The number of aliphatic carboxylic acids is 1. The Kier molecular flexibility index (Phi) is 16.7. The molecule has 0 saturated heterocycles. The highest BCUT2D eigenvalue weighted by Gasteiger charge is 2.20. The molecule has 6 heteroatoms. The molecule has 194 valence electrons. The van der Waals surface area contributed by atoms with E-state index in [1.165, 1.54) is 102 Å². The van der Waals surface area contributed by atoms with Crippen LogP contribution in [-0.4, -0.2) is 33.2 Å². The Hall–Kier alpha value is -2.24. The van der Waals surface area contributed by atoms with Crippen LogP contribution in [0.2, 0.25) is 0 Å².